The molecular weight excluding hydrogens is 459 g/mol. The van der Waals surface area contributed by atoms with Crippen molar-refractivity contribution in [2.75, 3.05) is 13.1 Å². The van der Waals surface area contributed by atoms with Gasteiger partial charge in [0, 0.05) is 43.0 Å². The number of H-pyrrole nitrogens is 1. The summed E-state index contributed by atoms with van der Waals surface area (Å²) >= 11 is 0. The second-order valence-electron chi connectivity index (χ2n) is 8.48. The number of benzene rings is 2. The number of piperidine rings is 1. The Morgan fingerprint density at radius 3 is 2.51 bits per heavy atom. The van der Waals surface area contributed by atoms with Crippen LogP contribution in [0.5, 0.6) is 0 Å². The van der Waals surface area contributed by atoms with Crippen LogP contribution >= 0.6 is 0 Å². The summed E-state index contributed by atoms with van der Waals surface area (Å²) in [7, 11) is 0. The number of rotatable bonds is 6. The number of halogens is 3. The molecule has 10 heteroatoms. The van der Waals surface area contributed by atoms with Gasteiger partial charge in [-0.15, -0.1) is 0 Å². The molecule has 3 heterocycles. The van der Waals surface area contributed by atoms with Gasteiger partial charge in [-0.3, -0.25) is 4.79 Å². The Morgan fingerprint density at radius 2 is 1.77 bits per heavy atom. The van der Waals surface area contributed by atoms with E-state index in [-0.39, 0.29) is 24.1 Å². The van der Waals surface area contributed by atoms with Crippen molar-refractivity contribution in [1.29, 1.82) is 0 Å². The molecule has 4 aromatic rings. The van der Waals surface area contributed by atoms with Crippen LogP contribution in [0.4, 0.5) is 13.2 Å². The van der Waals surface area contributed by atoms with E-state index in [9.17, 15) is 18.0 Å². The molecule has 5 rings (SSSR count). The zero-order valence-corrected chi connectivity index (χ0v) is 18.7. The number of amides is 1. The number of hydrogen-bond acceptors (Lipinski definition) is 5. The number of nitrogens with one attached hydrogen (secondary N) is 1. The van der Waals surface area contributed by atoms with Gasteiger partial charge in [0.15, 0.2) is 11.6 Å². The molecule has 2 aromatic carbocycles. The van der Waals surface area contributed by atoms with Crippen molar-refractivity contribution in [3.63, 3.8) is 0 Å². The first kappa shape index (κ1) is 22.8. The minimum atomic E-state index is -0.905. The Morgan fingerprint density at radius 1 is 1.03 bits per heavy atom. The number of aromatic nitrogens is 4. The maximum Gasteiger partial charge on any atom is 0.227 e. The third-order valence-electron chi connectivity index (χ3n) is 6.18. The predicted octanol–water partition coefficient (Wildman–Crippen LogP) is 4.88. The highest BCUT2D eigenvalue weighted by Crippen LogP contribution is 2.29. The van der Waals surface area contributed by atoms with Crippen LogP contribution in [0.2, 0.25) is 0 Å². The number of aryl methyl sites for hydroxylation is 1. The van der Waals surface area contributed by atoms with Gasteiger partial charge in [0.05, 0.1) is 11.9 Å². The van der Waals surface area contributed by atoms with Crippen molar-refractivity contribution in [1.82, 2.24) is 25.0 Å². The number of hydrogen-bond donors (Lipinski definition) is 1. The van der Waals surface area contributed by atoms with E-state index in [1.165, 1.54) is 18.2 Å². The fourth-order valence-corrected chi connectivity index (χ4v) is 4.20. The Labute approximate surface area is 199 Å². The second-order valence-corrected chi connectivity index (χ2v) is 8.48. The quantitative estimate of drug-likeness (QED) is 0.424. The molecule has 1 aliphatic heterocycles. The van der Waals surface area contributed by atoms with Gasteiger partial charge in [-0.25, -0.2) is 18.2 Å². The summed E-state index contributed by atoms with van der Waals surface area (Å²) in [6.07, 6.45) is 3.67. The van der Waals surface area contributed by atoms with Gasteiger partial charge in [0.1, 0.15) is 11.6 Å². The SMILES string of the molecule is O=C(CCc1nc(-c2ccc(F)cc2)no1)N1CCC(c2ncc(-c3ccc(F)c(F)c3)[nH]2)CC1. The molecule has 180 valence electrons. The van der Waals surface area contributed by atoms with Crippen LogP contribution in [0, 0.1) is 17.5 Å². The minimum absolute atomic E-state index is 0.00639. The lowest BCUT2D eigenvalue weighted by Crippen LogP contribution is -2.38. The van der Waals surface area contributed by atoms with Crippen LogP contribution < -0.4 is 0 Å². The van der Waals surface area contributed by atoms with E-state index in [1.807, 2.05) is 4.90 Å². The fraction of sp³-hybridized carbons (Fsp3) is 0.280. The van der Waals surface area contributed by atoms with Gasteiger partial charge < -0.3 is 14.4 Å². The molecule has 1 saturated heterocycles. The summed E-state index contributed by atoms with van der Waals surface area (Å²) in [5.41, 5.74) is 1.79. The molecule has 0 unspecified atom stereocenters. The first-order valence-corrected chi connectivity index (χ1v) is 11.3. The maximum atomic E-state index is 13.5. The average Bonchev–Trinajstić information content (AvgIpc) is 3.55. The van der Waals surface area contributed by atoms with Gasteiger partial charge in [0.2, 0.25) is 17.6 Å². The number of likely N-dealkylation sites (tertiary alicyclic amines) is 1. The van der Waals surface area contributed by atoms with Crippen LogP contribution in [0.25, 0.3) is 22.6 Å². The van der Waals surface area contributed by atoms with Crippen LogP contribution in [0.1, 0.15) is 36.9 Å². The smallest absolute Gasteiger partial charge is 0.227 e. The molecule has 0 saturated carbocycles. The fourth-order valence-electron chi connectivity index (χ4n) is 4.20. The molecule has 35 heavy (non-hydrogen) atoms. The van der Waals surface area contributed by atoms with Crippen LogP contribution in [0.3, 0.4) is 0 Å². The van der Waals surface area contributed by atoms with Crippen LogP contribution in [0.15, 0.2) is 53.2 Å². The molecule has 0 aliphatic carbocycles. The number of carbonyl (C=O) groups excluding carboxylic acids is 1. The third kappa shape index (κ3) is 5.11. The number of imidazole rings is 1. The standard InChI is InChI=1S/C25H22F3N5O2/c26-18-4-1-15(2-5-18)25-31-22(35-32-25)7-8-23(34)33-11-9-16(10-12-33)24-29-14-21(30-24)17-3-6-19(27)20(28)13-17/h1-6,13-14,16H,7-12H2,(H,29,30). The highest BCUT2D eigenvalue weighted by Gasteiger charge is 2.26. The van der Waals surface area contributed by atoms with Gasteiger partial charge in [-0.1, -0.05) is 5.16 Å². The molecule has 1 N–H and O–H groups in total. The Balaban J connectivity index is 1.12. The summed E-state index contributed by atoms with van der Waals surface area (Å²) in [6, 6.07) is 9.52. The summed E-state index contributed by atoms with van der Waals surface area (Å²) < 4.78 is 45.0. The van der Waals surface area contributed by atoms with E-state index in [4.69, 9.17) is 4.52 Å². The third-order valence-corrected chi connectivity index (χ3v) is 6.18. The maximum absolute atomic E-state index is 13.5. The first-order valence-electron chi connectivity index (χ1n) is 11.3. The molecule has 1 fully saturated rings. The van der Waals surface area contributed by atoms with E-state index >= 15 is 0 Å². The summed E-state index contributed by atoms with van der Waals surface area (Å²) in [5, 5.41) is 3.90. The molecule has 7 nitrogen and oxygen atoms in total. The lowest BCUT2D eigenvalue weighted by Gasteiger charge is -2.31. The van der Waals surface area contributed by atoms with Crippen molar-refractivity contribution in [2.24, 2.45) is 0 Å². The largest absolute Gasteiger partial charge is 0.343 e. The lowest BCUT2D eigenvalue weighted by molar-refractivity contribution is -0.132. The van der Waals surface area contributed by atoms with Crippen molar-refractivity contribution in [3.8, 4) is 22.6 Å². The minimum Gasteiger partial charge on any atom is -0.343 e. The van der Waals surface area contributed by atoms with Gasteiger partial charge in [0.25, 0.3) is 0 Å². The molecule has 0 atom stereocenters. The molecule has 1 amide bonds. The van der Waals surface area contributed by atoms with Gasteiger partial charge >= 0.3 is 0 Å². The second kappa shape index (κ2) is 9.73. The Hall–Kier alpha value is -3.95. The van der Waals surface area contributed by atoms with E-state index < -0.39 is 11.6 Å². The molecule has 2 aromatic heterocycles. The predicted molar refractivity (Wildman–Crippen MR) is 121 cm³/mol. The van der Waals surface area contributed by atoms with E-state index in [0.717, 1.165) is 30.8 Å². The average molecular weight is 481 g/mol. The summed E-state index contributed by atoms with van der Waals surface area (Å²) in [5.74, 6) is -0.504. The lowest BCUT2D eigenvalue weighted by atomic mass is 9.96. The van der Waals surface area contributed by atoms with Crippen molar-refractivity contribution in [3.05, 3.63) is 77.8 Å². The number of nitrogens with zero attached hydrogens (tertiary/aromatic N) is 4. The Kier molecular flexibility index (Phi) is 6.35. The number of carbonyl (C=O) groups is 1. The molecule has 0 radical (unpaired) electrons. The van der Waals surface area contributed by atoms with Crippen LogP contribution in [-0.4, -0.2) is 44.0 Å². The zero-order chi connectivity index (χ0) is 24.4. The highest BCUT2D eigenvalue weighted by atomic mass is 19.2. The summed E-state index contributed by atoms with van der Waals surface area (Å²) in [4.78, 5) is 26.4. The van der Waals surface area contributed by atoms with E-state index in [0.29, 0.717) is 48.0 Å². The van der Waals surface area contributed by atoms with Gasteiger partial charge in [-0.2, -0.15) is 4.98 Å². The molecule has 0 bridgehead atoms. The van der Waals surface area contributed by atoms with E-state index in [1.54, 1.807) is 18.3 Å². The first-order chi connectivity index (χ1) is 17.0. The topological polar surface area (TPSA) is 87.9 Å². The normalized spacial score (nSPS) is 14.4. The van der Waals surface area contributed by atoms with Crippen molar-refractivity contribution < 1.29 is 22.5 Å². The molecular formula is C25H22F3N5O2. The molecule has 1 aliphatic rings. The molecule has 0 spiro atoms. The monoisotopic (exact) mass is 481 g/mol. The van der Waals surface area contributed by atoms with Crippen LogP contribution in [-0.2, 0) is 11.2 Å². The van der Waals surface area contributed by atoms with Gasteiger partial charge in [-0.05, 0) is 55.3 Å². The summed E-state index contributed by atoms with van der Waals surface area (Å²) in [6.45, 7) is 1.19. The number of aromatic amines is 1. The zero-order valence-electron chi connectivity index (χ0n) is 18.7. The van der Waals surface area contributed by atoms with E-state index in [2.05, 4.69) is 20.1 Å². The van der Waals surface area contributed by atoms with Crippen molar-refractivity contribution >= 4 is 5.91 Å². The van der Waals surface area contributed by atoms with Crippen molar-refractivity contribution in [2.45, 2.75) is 31.6 Å². The highest BCUT2D eigenvalue weighted by molar-refractivity contribution is 5.76. The Bertz CT molecular complexity index is 1330.